The highest BCUT2D eigenvalue weighted by Gasteiger charge is 2.30. The van der Waals surface area contributed by atoms with E-state index in [1.807, 2.05) is 0 Å². The third-order valence-corrected chi connectivity index (χ3v) is 5.13. The number of sulfonamides is 1. The van der Waals surface area contributed by atoms with Gasteiger partial charge in [-0.05, 0) is 36.5 Å². The van der Waals surface area contributed by atoms with Crippen LogP contribution in [0.1, 0.15) is 28.8 Å². The third-order valence-electron chi connectivity index (χ3n) is 3.37. The number of benzene rings is 1. The number of carboxylic acid groups (broad SMARTS) is 1. The largest absolute Gasteiger partial charge is 0.478 e. The Morgan fingerprint density at radius 1 is 1.33 bits per heavy atom. The molecule has 1 aliphatic carbocycles. The molecule has 1 aromatic carbocycles. The van der Waals surface area contributed by atoms with E-state index in [9.17, 15) is 13.2 Å². The molecular formula is C15H17NO4S. The molecule has 0 radical (unpaired) electrons. The highest BCUT2D eigenvalue weighted by Crippen LogP contribution is 2.30. The zero-order valence-corrected chi connectivity index (χ0v) is 12.3. The molecule has 0 bridgehead atoms. The Morgan fingerprint density at radius 2 is 1.95 bits per heavy atom. The monoisotopic (exact) mass is 307 g/mol. The molecule has 1 fully saturated rings. The summed E-state index contributed by atoms with van der Waals surface area (Å²) in [5.74, 6) is 1.60. The van der Waals surface area contributed by atoms with Gasteiger partial charge in [-0.25, -0.2) is 13.2 Å². The van der Waals surface area contributed by atoms with Gasteiger partial charge in [-0.3, -0.25) is 0 Å². The minimum absolute atomic E-state index is 0.0754. The SMILES string of the molecule is C#CCN(CC1CC1)S(=O)(=O)Cc1ccc(C(=O)O)cc1. The molecule has 1 N–H and O–H groups in total. The van der Waals surface area contributed by atoms with Crippen molar-refractivity contribution in [3.05, 3.63) is 35.4 Å². The van der Waals surface area contributed by atoms with Crippen LogP contribution in [-0.2, 0) is 15.8 Å². The maximum absolute atomic E-state index is 12.4. The van der Waals surface area contributed by atoms with Crippen molar-refractivity contribution in [2.45, 2.75) is 18.6 Å². The molecule has 0 aliphatic heterocycles. The summed E-state index contributed by atoms with van der Waals surface area (Å²) < 4.78 is 26.1. The Morgan fingerprint density at radius 3 is 2.43 bits per heavy atom. The minimum Gasteiger partial charge on any atom is -0.478 e. The first-order valence-corrected chi connectivity index (χ1v) is 8.27. The van der Waals surface area contributed by atoms with E-state index in [0.717, 1.165) is 12.8 Å². The molecular weight excluding hydrogens is 290 g/mol. The first-order valence-electron chi connectivity index (χ1n) is 6.66. The zero-order valence-electron chi connectivity index (χ0n) is 11.5. The highest BCUT2D eigenvalue weighted by atomic mass is 32.2. The van der Waals surface area contributed by atoms with E-state index in [1.54, 1.807) is 0 Å². The Balaban J connectivity index is 2.10. The van der Waals surface area contributed by atoms with Crippen molar-refractivity contribution in [3.8, 4) is 12.3 Å². The summed E-state index contributed by atoms with van der Waals surface area (Å²) in [6.07, 6.45) is 7.34. The molecule has 0 unspecified atom stereocenters. The van der Waals surface area contributed by atoms with Crippen molar-refractivity contribution in [3.63, 3.8) is 0 Å². The van der Waals surface area contributed by atoms with E-state index < -0.39 is 16.0 Å². The summed E-state index contributed by atoms with van der Waals surface area (Å²) in [4.78, 5) is 10.8. The molecule has 0 heterocycles. The van der Waals surface area contributed by atoms with E-state index in [-0.39, 0.29) is 17.9 Å². The lowest BCUT2D eigenvalue weighted by atomic mass is 10.1. The summed E-state index contributed by atoms with van der Waals surface area (Å²) in [7, 11) is -3.48. The van der Waals surface area contributed by atoms with E-state index in [0.29, 0.717) is 18.0 Å². The van der Waals surface area contributed by atoms with Gasteiger partial charge in [0.25, 0.3) is 0 Å². The van der Waals surface area contributed by atoms with E-state index in [1.165, 1.54) is 28.6 Å². The van der Waals surface area contributed by atoms with Gasteiger partial charge in [-0.1, -0.05) is 18.1 Å². The van der Waals surface area contributed by atoms with Crippen molar-refractivity contribution >= 4 is 16.0 Å². The zero-order chi connectivity index (χ0) is 15.5. The van der Waals surface area contributed by atoms with Crippen LogP contribution in [0.15, 0.2) is 24.3 Å². The fraction of sp³-hybridized carbons (Fsp3) is 0.400. The average molecular weight is 307 g/mol. The Kier molecular flexibility index (Phi) is 4.66. The van der Waals surface area contributed by atoms with Crippen LogP contribution in [0.3, 0.4) is 0 Å². The lowest BCUT2D eigenvalue weighted by Gasteiger charge is -2.19. The predicted octanol–water partition coefficient (Wildman–Crippen LogP) is 1.56. The lowest BCUT2D eigenvalue weighted by molar-refractivity contribution is 0.0697. The molecule has 0 saturated heterocycles. The van der Waals surface area contributed by atoms with Gasteiger partial charge in [0, 0.05) is 6.54 Å². The molecule has 0 aromatic heterocycles. The van der Waals surface area contributed by atoms with Crippen molar-refractivity contribution in [2.24, 2.45) is 5.92 Å². The summed E-state index contributed by atoms with van der Waals surface area (Å²) in [6, 6.07) is 5.84. The Hall–Kier alpha value is -1.84. The molecule has 0 atom stereocenters. The van der Waals surface area contributed by atoms with Crippen LogP contribution >= 0.6 is 0 Å². The van der Waals surface area contributed by atoms with Gasteiger partial charge in [0.15, 0.2) is 0 Å². The Bertz CT molecular complexity index is 654. The van der Waals surface area contributed by atoms with Crippen LogP contribution in [0.2, 0.25) is 0 Å². The summed E-state index contributed by atoms with van der Waals surface area (Å²) >= 11 is 0. The quantitative estimate of drug-likeness (QED) is 0.776. The number of terminal acetylenes is 1. The van der Waals surface area contributed by atoms with Crippen LogP contribution in [0.4, 0.5) is 0 Å². The van der Waals surface area contributed by atoms with Gasteiger partial charge >= 0.3 is 5.97 Å². The predicted molar refractivity (Wildman–Crippen MR) is 79.2 cm³/mol. The standard InChI is InChI=1S/C15H17NO4S/c1-2-9-16(10-12-3-4-12)21(19,20)11-13-5-7-14(8-6-13)15(17)18/h1,5-8,12H,3-4,9-11H2,(H,17,18). The van der Waals surface area contributed by atoms with Crippen LogP contribution in [0.25, 0.3) is 0 Å². The molecule has 6 heteroatoms. The molecule has 0 spiro atoms. The molecule has 5 nitrogen and oxygen atoms in total. The highest BCUT2D eigenvalue weighted by molar-refractivity contribution is 7.88. The van der Waals surface area contributed by atoms with Crippen molar-refractivity contribution < 1.29 is 18.3 Å². The number of hydrogen-bond acceptors (Lipinski definition) is 3. The van der Waals surface area contributed by atoms with Gasteiger partial charge in [0.2, 0.25) is 10.0 Å². The molecule has 21 heavy (non-hydrogen) atoms. The first-order chi connectivity index (χ1) is 9.92. The van der Waals surface area contributed by atoms with Gasteiger partial charge in [-0.15, -0.1) is 6.42 Å². The number of carbonyl (C=O) groups is 1. The van der Waals surface area contributed by atoms with E-state index >= 15 is 0 Å². The first kappa shape index (κ1) is 15.5. The second-order valence-electron chi connectivity index (χ2n) is 5.20. The second kappa shape index (κ2) is 6.29. The van der Waals surface area contributed by atoms with Crippen molar-refractivity contribution in [2.75, 3.05) is 13.1 Å². The maximum Gasteiger partial charge on any atom is 0.335 e. The fourth-order valence-electron chi connectivity index (χ4n) is 2.01. The van der Waals surface area contributed by atoms with Crippen LogP contribution in [0.5, 0.6) is 0 Å². The van der Waals surface area contributed by atoms with Gasteiger partial charge in [0.1, 0.15) is 0 Å². The van der Waals surface area contributed by atoms with Crippen molar-refractivity contribution in [1.29, 1.82) is 0 Å². The molecule has 1 aliphatic rings. The summed E-state index contributed by atoms with van der Waals surface area (Å²) in [5.41, 5.74) is 0.687. The number of rotatable bonds is 7. The Labute approximate surface area is 124 Å². The smallest absolute Gasteiger partial charge is 0.335 e. The molecule has 1 saturated carbocycles. The number of carboxylic acids is 1. The fourth-order valence-corrected chi connectivity index (χ4v) is 3.52. The lowest BCUT2D eigenvalue weighted by Crippen LogP contribution is -2.34. The maximum atomic E-state index is 12.4. The topological polar surface area (TPSA) is 74.7 Å². The second-order valence-corrected chi connectivity index (χ2v) is 7.17. The minimum atomic E-state index is -3.48. The van der Waals surface area contributed by atoms with Gasteiger partial charge < -0.3 is 5.11 Å². The van der Waals surface area contributed by atoms with Gasteiger partial charge in [-0.2, -0.15) is 4.31 Å². The third kappa shape index (κ3) is 4.31. The molecule has 1 aromatic rings. The average Bonchev–Trinajstić information content (AvgIpc) is 3.22. The molecule has 2 rings (SSSR count). The number of aromatic carboxylic acids is 1. The number of nitrogens with zero attached hydrogens (tertiary/aromatic N) is 1. The normalized spacial score (nSPS) is 14.9. The molecule has 112 valence electrons. The van der Waals surface area contributed by atoms with Crippen LogP contribution in [-0.4, -0.2) is 36.9 Å². The van der Waals surface area contributed by atoms with Crippen molar-refractivity contribution in [1.82, 2.24) is 4.31 Å². The summed E-state index contributed by atoms with van der Waals surface area (Å²) in [6.45, 7) is 0.547. The van der Waals surface area contributed by atoms with Crippen LogP contribution in [0, 0.1) is 18.3 Å². The van der Waals surface area contributed by atoms with Gasteiger partial charge in [0.05, 0.1) is 17.9 Å². The number of hydrogen-bond donors (Lipinski definition) is 1. The van der Waals surface area contributed by atoms with Crippen LogP contribution < -0.4 is 0 Å². The van der Waals surface area contributed by atoms with E-state index in [4.69, 9.17) is 11.5 Å². The summed E-state index contributed by atoms with van der Waals surface area (Å²) in [5, 5.41) is 8.82. The van der Waals surface area contributed by atoms with E-state index in [2.05, 4.69) is 5.92 Å². The molecule has 0 amide bonds.